The van der Waals surface area contributed by atoms with Crippen LogP contribution in [0.1, 0.15) is 16.5 Å². The summed E-state index contributed by atoms with van der Waals surface area (Å²) in [4.78, 5) is 8.92. The van der Waals surface area contributed by atoms with Gasteiger partial charge >= 0.3 is 0 Å². The third-order valence-electron chi connectivity index (χ3n) is 6.86. The first kappa shape index (κ1) is 21.9. The van der Waals surface area contributed by atoms with Crippen molar-refractivity contribution in [3.8, 4) is 33.6 Å². The average molecular weight is 777 g/mol. The molecule has 5 heteroatoms. The molecule has 1 radical (unpaired) electrons. The first-order chi connectivity index (χ1) is 23.6. The van der Waals surface area contributed by atoms with Gasteiger partial charge in [0.15, 0.2) is 0 Å². The molecule has 43 heavy (non-hydrogen) atoms. The average Bonchev–Trinajstić information content (AvgIpc) is 3.48. The normalized spacial score (nSPS) is 14.0. The molecule has 215 valence electrons. The molecule has 2 nitrogen and oxygen atoms in total. The molecule has 0 aliphatic carbocycles. The molecular formula is C38H32IrN2SSi-2. The Balaban J connectivity index is 0.000000211. The van der Waals surface area contributed by atoms with Gasteiger partial charge in [-0.1, -0.05) is 98.5 Å². The molecule has 7 aromatic rings. The number of pyridine rings is 2. The van der Waals surface area contributed by atoms with Crippen molar-refractivity contribution in [2.45, 2.75) is 26.5 Å². The SMILES string of the molecule is [2H]C([2H])([2H])c1c[c-]c(-c2ccc([Si](C)(C)C)cn2)cc1.[2H]c1c([2H])c([2H])c(-c2ccc3c(c2)sc2c(-c4ccccn4)[c-]ccc23)c([2H])c1[2H].[Ir]. The summed E-state index contributed by atoms with van der Waals surface area (Å²) < 4.78 is 64.3. The quantitative estimate of drug-likeness (QED) is 0.131. The number of thiophene rings is 1. The van der Waals surface area contributed by atoms with Gasteiger partial charge in [0.1, 0.15) is 0 Å². The molecule has 4 aromatic carbocycles. The van der Waals surface area contributed by atoms with Crippen LogP contribution >= 0.6 is 11.3 Å². The second-order valence-electron chi connectivity index (χ2n) is 10.8. The third-order valence-corrected chi connectivity index (χ3v) is 10.1. The molecule has 7 rings (SSSR count). The van der Waals surface area contributed by atoms with Crippen LogP contribution in [-0.4, -0.2) is 18.0 Å². The van der Waals surface area contributed by atoms with Crippen LogP contribution in [0.5, 0.6) is 0 Å². The zero-order valence-corrected chi connectivity index (χ0v) is 28.0. The van der Waals surface area contributed by atoms with Crippen molar-refractivity contribution in [3.63, 3.8) is 0 Å². The Kier molecular flexibility index (Phi) is 6.75. The number of nitrogens with zero attached hydrogens (tertiary/aromatic N) is 2. The van der Waals surface area contributed by atoms with Crippen molar-refractivity contribution < 1.29 is 31.1 Å². The fraction of sp³-hybridized carbons (Fsp3) is 0.105. The van der Waals surface area contributed by atoms with Gasteiger partial charge in [-0.25, -0.2) is 0 Å². The van der Waals surface area contributed by atoms with Gasteiger partial charge in [0.05, 0.1) is 14.9 Å². The molecule has 0 saturated carbocycles. The van der Waals surface area contributed by atoms with Crippen LogP contribution in [0.25, 0.3) is 53.8 Å². The minimum atomic E-state index is -2.08. The topological polar surface area (TPSA) is 25.8 Å². The minimum Gasteiger partial charge on any atom is -0.305 e. The smallest absolute Gasteiger partial charge is 0.0795 e. The van der Waals surface area contributed by atoms with Crippen LogP contribution in [0.4, 0.5) is 0 Å². The fourth-order valence-electron chi connectivity index (χ4n) is 4.57. The Morgan fingerprint density at radius 2 is 1.67 bits per heavy atom. The van der Waals surface area contributed by atoms with E-state index < -0.39 is 14.9 Å². The van der Waals surface area contributed by atoms with Crippen LogP contribution in [0, 0.1) is 19.0 Å². The molecule has 3 heterocycles. The molecule has 0 bridgehead atoms. The molecule has 0 spiro atoms. The summed E-state index contributed by atoms with van der Waals surface area (Å²) in [5, 5.41) is 3.44. The van der Waals surface area contributed by atoms with Gasteiger partial charge in [0.25, 0.3) is 0 Å². The molecule has 0 atom stereocenters. The summed E-state index contributed by atoms with van der Waals surface area (Å²) >= 11 is 1.59. The van der Waals surface area contributed by atoms with Gasteiger partial charge in [0.2, 0.25) is 0 Å². The molecule has 0 aliphatic rings. The molecule has 0 saturated heterocycles. The summed E-state index contributed by atoms with van der Waals surface area (Å²) in [7, 11) is -1.34. The molecule has 0 amide bonds. The van der Waals surface area contributed by atoms with E-state index in [2.05, 4.69) is 47.8 Å². The van der Waals surface area contributed by atoms with Gasteiger partial charge in [-0.15, -0.1) is 59.2 Å². The van der Waals surface area contributed by atoms with E-state index in [1.54, 1.807) is 29.7 Å². The standard InChI is InChI=1S/C23H14NS.C15H18NSi.Ir/c1-2-7-16(8-3-1)17-12-13-18-19-9-6-10-20(21-11-4-5-14-24-21)23(19)25-22(18)15-17;1-12-5-7-13(8-6-12)15-10-9-14(11-16-15)17(2,3)4;/h1-9,11-15H;5-7,9-11H,1-4H3;/q2*-1;/i1D,2D,3D,7D,8D;1D3;. The third kappa shape index (κ3) is 6.92. The second-order valence-corrected chi connectivity index (χ2v) is 16.9. The Labute approximate surface area is 284 Å². The van der Waals surface area contributed by atoms with E-state index in [1.165, 1.54) is 11.3 Å². The van der Waals surface area contributed by atoms with Crippen LogP contribution in [-0.2, 0) is 20.1 Å². The zero-order valence-electron chi connectivity index (χ0n) is 31.8. The van der Waals surface area contributed by atoms with Gasteiger partial charge in [-0.2, -0.15) is 11.3 Å². The van der Waals surface area contributed by atoms with Gasteiger partial charge in [0, 0.05) is 41.3 Å². The molecule has 0 aliphatic heterocycles. The van der Waals surface area contributed by atoms with E-state index in [4.69, 9.17) is 11.0 Å². The van der Waals surface area contributed by atoms with Crippen LogP contribution in [0.3, 0.4) is 0 Å². The summed E-state index contributed by atoms with van der Waals surface area (Å²) in [5.74, 6) is 0. The van der Waals surface area contributed by atoms with Gasteiger partial charge in [-0.3, -0.25) is 0 Å². The summed E-state index contributed by atoms with van der Waals surface area (Å²) in [6.07, 6.45) is 3.68. The molecule has 3 aromatic heterocycles. The van der Waals surface area contributed by atoms with Crippen molar-refractivity contribution in [3.05, 3.63) is 139 Å². The van der Waals surface area contributed by atoms with Crippen LogP contribution in [0.2, 0.25) is 19.6 Å². The number of hydrogen-bond acceptors (Lipinski definition) is 3. The van der Waals surface area contributed by atoms with Gasteiger partial charge < -0.3 is 9.97 Å². The number of rotatable bonds is 4. The largest absolute Gasteiger partial charge is 0.305 e. The van der Waals surface area contributed by atoms with E-state index in [0.29, 0.717) is 11.1 Å². The first-order valence-electron chi connectivity index (χ1n) is 17.5. The Bertz CT molecular complexity index is 2250. The maximum Gasteiger partial charge on any atom is 0.0795 e. The summed E-state index contributed by atoms with van der Waals surface area (Å²) in [6, 6.07) is 29.2. The predicted octanol–water partition coefficient (Wildman–Crippen LogP) is 9.98. The summed E-state index contributed by atoms with van der Waals surface area (Å²) in [6.45, 7) is 4.76. The minimum absolute atomic E-state index is 0. The van der Waals surface area contributed by atoms with Crippen molar-refractivity contribution in [1.82, 2.24) is 9.97 Å². The second kappa shape index (κ2) is 13.3. The van der Waals surface area contributed by atoms with Crippen molar-refractivity contribution in [1.29, 1.82) is 0 Å². The Morgan fingerprint density at radius 3 is 2.35 bits per heavy atom. The number of fused-ring (bicyclic) bond motifs is 3. The number of hydrogen-bond donors (Lipinski definition) is 0. The maximum absolute atomic E-state index is 8.25. The van der Waals surface area contributed by atoms with Crippen molar-refractivity contribution in [2.75, 3.05) is 0 Å². The molecule has 0 fully saturated rings. The molecular weight excluding hydrogens is 737 g/mol. The van der Waals surface area contributed by atoms with Crippen molar-refractivity contribution >= 4 is 44.8 Å². The Hall–Kier alpha value is -3.73. The van der Waals surface area contributed by atoms with Crippen molar-refractivity contribution in [2.24, 2.45) is 0 Å². The van der Waals surface area contributed by atoms with Crippen LogP contribution < -0.4 is 5.19 Å². The number of aromatic nitrogens is 2. The summed E-state index contributed by atoms with van der Waals surface area (Å²) in [5.41, 5.74) is 4.55. The predicted molar refractivity (Wildman–Crippen MR) is 183 cm³/mol. The van der Waals surface area contributed by atoms with Crippen LogP contribution in [0.15, 0.2) is 121 Å². The maximum atomic E-state index is 8.25. The molecule has 0 N–H and O–H groups in total. The van der Waals surface area contributed by atoms with E-state index >= 15 is 0 Å². The van der Waals surface area contributed by atoms with E-state index in [9.17, 15) is 0 Å². The van der Waals surface area contributed by atoms with Gasteiger partial charge in [-0.05, 0) is 49.9 Å². The van der Waals surface area contributed by atoms with E-state index in [-0.39, 0.29) is 55.9 Å². The first-order valence-corrected chi connectivity index (χ1v) is 17.8. The monoisotopic (exact) mass is 777 g/mol. The number of benzene rings is 4. The zero-order chi connectivity index (χ0) is 36.0. The Morgan fingerprint density at radius 1 is 0.814 bits per heavy atom. The van der Waals surface area contributed by atoms with E-state index in [0.717, 1.165) is 42.7 Å². The van der Waals surface area contributed by atoms with E-state index in [1.807, 2.05) is 60.8 Å². The fourth-order valence-corrected chi connectivity index (χ4v) is 6.86. The molecule has 0 unspecified atom stereocenters. The number of aryl methyl sites for hydroxylation is 1.